The van der Waals surface area contributed by atoms with Gasteiger partial charge in [0.15, 0.2) is 5.82 Å². The van der Waals surface area contributed by atoms with Crippen molar-refractivity contribution in [1.29, 1.82) is 0 Å². The Morgan fingerprint density at radius 1 is 0.944 bits per heavy atom. The molecule has 5 atom stereocenters. The lowest BCUT2D eigenvalue weighted by Gasteiger charge is -2.35. The molecule has 378 valence electrons. The topological polar surface area (TPSA) is 180 Å². The van der Waals surface area contributed by atoms with Crippen LogP contribution in [0.4, 0.5) is 4.39 Å². The molecule has 14 nitrogen and oxygen atoms in total. The predicted molar refractivity (Wildman–Crippen MR) is 280 cm³/mol. The van der Waals surface area contributed by atoms with Crippen LogP contribution in [0.15, 0.2) is 83.2 Å². The van der Waals surface area contributed by atoms with E-state index in [-0.39, 0.29) is 63.1 Å². The highest BCUT2D eigenvalue weighted by molar-refractivity contribution is 7.15. The van der Waals surface area contributed by atoms with Crippen molar-refractivity contribution < 1.29 is 33.4 Å². The van der Waals surface area contributed by atoms with Crippen LogP contribution in [0, 0.1) is 38.9 Å². The van der Waals surface area contributed by atoms with Crippen LogP contribution in [0.5, 0.6) is 5.75 Å². The molecule has 8 rings (SSSR count). The molecule has 0 bridgehead atoms. The van der Waals surface area contributed by atoms with Gasteiger partial charge in [-0.05, 0) is 110 Å². The van der Waals surface area contributed by atoms with Gasteiger partial charge in [0, 0.05) is 51.4 Å². The number of hydrogen-bond donors (Lipinski definition) is 4. The number of fused-ring (bicyclic) bond motifs is 3. The molecule has 18 heteroatoms. The zero-order valence-electron chi connectivity index (χ0n) is 41.6. The standard InChI is InChI=1S/C54H60ClFN8O6S2/c1-29-19-22-71-48(29)37-12-10-35(11-13-37)31(3)58-51(68)43-26-40(65)28-63(43)52(69)49(54(6,7)8)60-44(66)18-9-34-23-39(56)25-41(24-34)70-21-20-57-45(67)27-42-50-62-61-33(5)64(50)53-46(30(2)32(4)72-53)47(59-42)36-14-16-38(55)17-15-36/h10-17,19,22-25,31,40,42-43,49,65H,9,18,20-21,26-28H2,1-8H3,(H,57,67)(H,58,68)(H,60,66)/t31-,40+,42-,43-,49+/m0/s1. The number of aromatic nitrogens is 3. The van der Waals surface area contributed by atoms with E-state index in [9.17, 15) is 28.7 Å². The molecule has 3 aromatic carbocycles. The van der Waals surface area contributed by atoms with Crippen LogP contribution < -0.4 is 20.7 Å². The number of β-amino-alcohol motifs (C(OH)–C–C–N with tert-alkyl or cyclic N) is 1. The number of likely N-dealkylation sites (tertiary alicyclic amines) is 1. The van der Waals surface area contributed by atoms with Crippen LogP contribution in [-0.2, 0) is 25.6 Å². The summed E-state index contributed by atoms with van der Waals surface area (Å²) in [6.07, 6.45) is -0.810. The van der Waals surface area contributed by atoms with Crippen molar-refractivity contribution in [3.05, 3.63) is 139 Å². The Morgan fingerprint density at radius 2 is 1.67 bits per heavy atom. The van der Waals surface area contributed by atoms with E-state index < -0.39 is 53.2 Å². The van der Waals surface area contributed by atoms with E-state index in [1.54, 1.807) is 28.7 Å². The number of nitrogens with one attached hydrogen (secondary N) is 3. The van der Waals surface area contributed by atoms with Crippen LogP contribution in [-0.4, -0.2) is 92.0 Å². The van der Waals surface area contributed by atoms with Crippen molar-refractivity contribution in [2.24, 2.45) is 10.4 Å². The number of ether oxygens (including phenoxy) is 1. The highest BCUT2D eigenvalue weighted by Gasteiger charge is 2.45. The maximum absolute atomic E-state index is 15.0. The number of rotatable bonds is 16. The third-order valence-corrected chi connectivity index (χ3v) is 15.7. The third kappa shape index (κ3) is 11.6. The minimum atomic E-state index is -1.03. The fourth-order valence-electron chi connectivity index (χ4n) is 9.18. The molecule has 5 heterocycles. The van der Waals surface area contributed by atoms with Crippen molar-refractivity contribution in [3.8, 4) is 21.2 Å². The molecule has 3 aromatic heterocycles. The van der Waals surface area contributed by atoms with E-state index in [1.165, 1.54) is 27.5 Å². The van der Waals surface area contributed by atoms with Gasteiger partial charge >= 0.3 is 0 Å². The molecule has 1 saturated heterocycles. The molecule has 0 spiro atoms. The second kappa shape index (κ2) is 21.8. The van der Waals surface area contributed by atoms with Crippen LogP contribution >= 0.6 is 34.3 Å². The lowest BCUT2D eigenvalue weighted by atomic mass is 9.85. The summed E-state index contributed by atoms with van der Waals surface area (Å²) in [7, 11) is 0. The molecule has 0 aliphatic carbocycles. The van der Waals surface area contributed by atoms with E-state index in [0.29, 0.717) is 22.2 Å². The summed E-state index contributed by atoms with van der Waals surface area (Å²) >= 11 is 9.55. The van der Waals surface area contributed by atoms with Gasteiger partial charge in [0.05, 0.1) is 30.8 Å². The first-order valence-electron chi connectivity index (χ1n) is 24.0. The van der Waals surface area contributed by atoms with Gasteiger partial charge in [-0.3, -0.25) is 28.7 Å². The Morgan fingerprint density at radius 3 is 2.36 bits per heavy atom. The molecule has 4 amide bonds. The molecular weight excluding hydrogens is 975 g/mol. The van der Waals surface area contributed by atoms with Gasteiger partial charge in [-0.15, -0.1) is 32.9 Å². The number of aliphatic hydroxyl groups excluding tert-OH is 1. The summed E-state index contributed by atoms with van der Waals surface area (Å²) < 4.78 is 22.8. The number of nitrogens with zero attached hydrogens (tertiary/aromatic N) is 5. The molecular formula is C54H60ClFN8O6S2. The zero-order valence-corrected chi connectivity index (χ0v) is 44.0. The van der Waals surface area contributed by atoms with E-state index in [1.807, 2.05) is 87.7 Å². The Bertz CT molecular complexity index is 3020. The lowest BCUT2D eigenvalue weighted by Crippen LogP contribution is -2.57. The number of halogens is 2. The number of carbonyl (C=O) groups is 4. The highest BCUT2D eigenvalue weighted by Crippen LogP contribution is 2.40. The Balaban J connectivity index is 0.848. The largest absolute Gasteiger partial charge is 0.492 e. The summed E-state index contributed by atoms with van der Waals surface area (Å²) in [5, 5.41) is 32.0. The molecule has 4 N–H and O–H groups in total. The summed E-state index contributed by atoms with van der Waals surface area (Å²) in [6, 6.07) is 18.7. The zero-order chi connectivity index (χ0) is 51.6. The summed E-state index contributed by atoms with van der Waals surface area (Å²) in [6.45, 7) is 15.5. The average molecular weight is 1040 g/mol. The molecule has 72 heavy (non-hydrogen) atoms. The number of aliphatic hydroxyl groups is 1. The third-order valence-electron chi connectivity index (χ3n) is 13.2. The second-order valence-electron chi connectivity index (χ2n) is 19.6. The minimum absolute atomic E-state index is 0.0164. The molecule has 2 aliphatic heterocycles. The minimum Gasteiger partial charge on any atom is -0.492 e. The predicted octanol–water partition coefficient (Wildman–Crippen LogP) is 8.86. The monoisotopic (exact) mass is 1030 g/mol. The Labute approximate surface area is 432 Å². The van der Waals surface area contributed by atoms with Gasteiger partial charge in [-0.25, -0.2) is 4.39 Å². The summed E-state index contributed by atoms with van der Waals surface area (Å²) in [5.41, 5.74) is 6.56. The number of amides is 4. The molecule has 0 saturated carbocycles. The molecule has 2 aliphatic rings. The van der Waals surface area contributed by atoms with Crippen molar-refractivity contribution in [3.63, 3.8) is 0 Å². The quantitative estimate of drug-likeness (QED) is 0.0695. The van der Waals surface area contributed by atoms with E-state index >= 15 is 0 Å². The number of carbonyl (C=O) groups excluding carboxylic acids is 4. The lowest BCUT2D eigenvalue weighted by molar-refractivity contribution is -0.144. The van der Waals surface area contributed by atoms with Crippen molar-refractivity contribution in [1.82, 2.24) is 35.6 Å². The second-order valence-corrected chi connectivity index (χ2v) is 22.2. The van der Waals surface area contributed by atoms with E-state index in [2.05, 4.69) is 58.4 Å². The fraction of sp³-hybridized carbons (Fsp3) is 0.389. The van der Waals surface area contributed by atoms with Crippen LogP contribution in [0.2, 0.25) is 5.02 Å². The van der Waals surface area contributed by atoms with Crippen LogP contribution in [0.3, 0.4) is 0 Å². The van der Waals surface area contributed by atoms with Crippen molar-refractivity contribution in [2.45, 2.75) is 111 Å². The molecule has 0 unspecified atom stereocenters. The van der Waals surface area contributed by atoms with Gasteiger partial charge in [-0.2, -0.15) is 0 Å². The van der Waals surface area contributed by atoms with Gasteiger partial charge in [0.1, 0.15) is 47.1 Å². The normalized spacial score (nSPS) is 17.3. The van der Waals surface area contributed by atoms with Crippen LogP contribution in [0.25, 0.3) is 15.4 Å². The Kier molecular flexibility index (Phi) is 15.8. The van der Waals surface area contributed by atoms with Gasteiger partial charge in [0.2, 0.25) is 23.6 Å². The van der Waals surface area contributed by atoms with E-state index in [4.69, 9.17) is 21.3 Å². The number of aryl methyl sites for hydroxylation is 4. The van der Waals surface area contributed by atoms with Gasteiger partial charge in [0.25, 0.3) is 0 Å². The SMILES string of the molecule is Cc1ccsc1-c1ccc([C@H](C)NC(=O)[C@@H]2C[C@@H](O)CN2C(=O)[C@@H](NC(=O)CCc2cc(F)cc(OCCNC(=O)C[C@@H]3N=C(c4ccc(Cl)cc4)c4c(sc(C)c4C)-n4c(C)nnc43)c2)C(C)(C)C)cc1. The number of benzene rings is 3. The molecule has 6 aromatic rings. The smallest absolute Gasteiger partial charge is 0.246 e. The van der Waals surface area contributed by atoms with Crippen molar-refractivity contribution >= 4 is 63.6 Å². The maximum Gasteiger partial charge on any atom is 0.246 e. The first kappa shape index (κ1) is 52.1. The van der Waals surface area contributed by atoms with Crippen LogP contribution in [0.1, 0.15) is 109 Å². The maximum atomic E-state index is 15.0. The highest BCUT2D eigenvalue weighted by atomic mass is 35.5. The fourth-order valence-corrected chi connectivity index (χ4v) is 11.5. The first-order valence-corrected chi connectivity index (χ1v) is 26.1. The van der Waals surface area contributed by atoms with Gasteiger partial charge < -0.3 is 30.7 Å². The summed E-state index contributed by atoms with van der Waals surface area (Å²) in [5.74, 6) is -0.707. The Hall–Kier alpha value is -6.27. The number of hydrogen-bond acceptors (Lipinski definition) is 11. The summed E-state index contributed by atoms with van der Waals surface area (Å²) in [4.78, 5) is 63.9. The number of aliphatic imine (C=N–C) groups is 1. The molecule has 0 radical (unpaired) electrons. The molecule has 1 fully saturated rings. The number of thiophene rings is 2. The first-order chi connectivity index (χ1) is 34.2. The van der Waals surface area contributed by atoms with Crippen molar-refractivity contribution in [2.75, 3.05) is 19.7 Å². The van der Waals surface area contributed by atoms with E-state index in [0.717, 1.165) is 43.4 Å². The van der Waals surface area contributed by atoms with Gasteiger partial charge in [-0.1, -0.05) is 68.8 Å². The average Bonchev–Trinajstić information content (AvgIpc) is 4.10.